The van der Waals surface area contributed by atoms with E-state index < -0.39 is 0 Å². The van der Waals surface area contributed by atoms with Gasteiger partial charge in [-0.1, -0.05) is 24.3 Å². The van der Waals surface area contributed by atoms with E-state index >= 15 is 0 Å². The smallest absolute Gasteiger partial charge is 0.261 e. The van der Waals surface area contributed by atoms with Crippen molar-refractivity contribution in [2.75, 3.05) is 12.4 Å². The van der Waals surface area contributed by atoms with Crippen molar-refractivity contribution in [3.63, 3.8) is 0 Å². The number of nitrogens with one attached hydrogen (secondary N) is 1. The first-order valence-corrected chi connectivity index (χ1v) is 9.19. The van der Waals surface area contributed by atoms with Gasteiger partial charge in [0.2, 0.25) is 5.55 Å². The molecule has 0 aliphatic rings. The highest BCUT2D eigenvalue weighted by molar-refractivity contribution is 6.05. The zero-order valence-electron chi connectivity index (χ0n) is 16.1. The van der Waals surface area contributed by atoms with E-state index in [4.69, 9.17) is 14.4 Å². The Kier molecular flexibility index (Phi) is 5.27. The molecule has 0 saturated carbocycles. The van der Waals surface area contributed by atoms with Crippen molar-refractivity contribution in [3.8, 4) is 11.8 Å². The molecule has 3 aromatic carbocycles. The second kappa shape index (κ2) is 8.33. The van der Waals surface area contributed by atoms with Crippen molar-refractivity contribution >= 4 is 28.3 Å². The molecule has 1 aromatic heterocycles. The molecule has 1 N–H and O–H groups in total. The molecule has 1 amide bonds. The predicted molar refractivity (Wildman–Crippen MR) is 114 cm³/mol. The van der Waals surface area contributed by atoms with E-state index in [1.807, 2.05) is 24.3 Å². The first-order chi connectivity index (χ1) is 14.7. The molecule has 0 fully saturated rings. The second-order valence-electron chi connectivity index (χ2n) is 6.46. The fraction of sp³-hybridized carbons (Fsp3) is 0.0417. The predicted octanol–water partition coefficient (Wildman–Crippen LogP) is 4.80. The summed E-state index contributed by atoms with van der Waals surface area (Å²) in [6.45, 7) is 0. The Morgan fingerprint density at radius 2 is 1.87 bits per heavy atom. The first kappa shape index (κ1) is 19.0. The summed E-state index contributed by atoms with van der Waals surface area (Å²) in [5.41, 5.74) is 2.58. The molecule has 6 nitrogen and oxygen atoms in total. The largest absolute Gasteiger partial charge is 0.497 e. The first-order valence-electron chi connectivity index (χ1n) is 9.19. The zero-order valence-corrected chi connectivity index (χ0v) is 16.1. The van der Waals surface area contributed by atoms with E-state index in [-0.39, 0.29) is 17.0 Å². The summed E-state index contributed by atoms with van der Waals surface area (Å²) in [7, 11) is 1.57. The molecule has 30 heavy (non-hydrogen) atoms. The molecule has 146 valence electrons. The van der Waals surface area contributed by atoms with E-state index in [2.05, 4.69) is 16.4 Å². The molecule has 0 radical (unpaired) electrons. The van der Waals surface area contributed by atoms with E-state index in [0.29, 0.717) is 28.3 Å². The minimum Gasteiger partial charge on any atom is -0.497 e. The summed E-state index contributed by atoms with van der Waals surface area (Å²) in [6.07, 6.45) is 0. The van der Waals surface area contributed by atoms with Crippen LogP contribution in [0, 0.1) is 11.3 Å². The normalized spacial score (nSPS) is 11.1. The molecule has 0 unspecified atom stereocenters. The molecule has 4 aromatic rings. The third-order valence-corrected chi connectivity index (χ3v) is 4.44. The summed E-state index contributed by atoms with van der Waals surface area (Å²) >= 11 is 0. The molecule has 0 bridgehead atoms. The van der Waals surface area contributed by atoms with Crippen molar-refractivity contribution in [2.24, 2.45) is 4.99 Å². The van der Waals surface area contributed by atoms with Gasteiger partial charge in [-0.05, 0) is 48.5 Å². The maximum absolute atomic E-state index is 13.0. The number of fused-ring (bicyclic) bond motifs is 1. The summed E-state index contributed by atoms with van der Waals surface area (Å²) in [4.78, 5) is 17.5. The van der Waals surface area contributed by atoms with Gasteiger partial charge in [0.1, 0.15) is 16.9 Å². The van der Waals surface area contributed by atoms with E-state index in [1.54, 1.807) is 61.7 Å². The molecule has 1 heterocycles. The number of methoxy groups -OCH3 is 1. The number of nitrogens with zero attached hydrogens (tertiary/aromatic N) is 2. The maximum atomic E-state index is 13.0. The van der Waals surface area contributed by atoms with Gasteiger partial charge < -0.3 is 14.5 Å². The summed E-state index contributed by atoms with van der Waals surface area (Å²) < 4.78 is 11.2. The number of benzene rings is 3. The number of hydrogen-bond donors (Lipinski definition) is 1. The molecular formula is C24H17N3O3. The average molecular weight is 395 g/mol. The Bertz CT molecular complexity index is 1340. The van der Waals surface area contributed by atoms with Crippen LogP contribution in [0.25, 0.3) is 11.0 Å². The second-order valence-corrected chi connectivity index (χ2v) is 6.46. The third-order valence-electron chi connectivity index (χ3n) is 4.44. The number of para-hydroxylation sites is 1. The van der Waals surface area contributed by atoms with E-state index in [9.17, 15) is 4.79 Å². The Morgan fingerprint density at radius 3 is 2.63 bits per heavy atom. The molecule has 6 heteroatoms. The number of nitriles is 1. The summed E-state index contributed by atoms with van der Waals surface area (Å²) in [6, 6.07) is 25.1. The number of carbonyl (C=O) groups is 1. The molecule has 0 atom stereocenters. The lowest BCUT2D eigenvalue weighted by Gasteiger charge is -2.08. The van der Waals surface area contributed by atoms with Crippen LogP contribution in [-0.4, -0.2) is 13.0 Å². The van der Waals surface area contributed by atoms with Gasteiger partial charge in [-0.25, -0.2) is 4.99 Å². The molecule has 0 aliphatic carbocycles. The van der Waals surface area contributed by atoms with Crippen molar-refractivity contribution in [1.82, 2.24) is 0 Å². The van der Waals surface area contributed by atoms with Gasteiger partial charge in [0.15, 0.2) is 0 Å². The van der Waals surface area contributed by atoms with Crippen LogP contribution >= 0.6 is 0 Å². The van der Waals surface area contributed by atoms with Crippen LogP contribution in [0.2, 0.25) is 0 Å². The molecule has 0 saturated heterocycles. The Morgan fingerprint density at radius 1 is 1.03 bits per heavy atom. The van der Waals surface area contributed by atoms with Gasteiger partial charge in [0.25, 0.3) is 5.91 Å². The van der Waals surface area contributed by atoms with Gasteiger partial charge in [-0.15, -0.1) is 0 Å². The highest BCUT2D eigenvalue weighted by Gasteiger charge is 2.14. The summed E-state index contributed by atoms with van der Waals surface area (Å²) in [5.74, 6) is 0.281. The van der Waals surface area contributed by atoms with Crippen LogP contribution in [-0.2, 0) is 0 Å². The minimum atomic E-state index is -0.349. The summed E-state index contributed by atoms with van der Waals surface area (Å²) in [5, 5.41) is 12.7. The standard InChI is InChI=1S/C24H17N3O3/c1-29-20-11-10-17-13-21(23(28)26-18-7-3-2-4-8-18)24(30-22(17)14-20)27-19-9-5-6-16(12-19)15-25/h2-14H,1H3,(H,26,28). The third kappa shape index (κ3) is 4.05. The van der Waals surface area contributed by atoms with Gasteiger partial charge >= 0.3 is 0 Å². The fourth-order valence-electron chi connectivity index (χ4n) is 2.95. The average Bonchev–Trinajstić information content (AvgIpc) is 2.79. The lowest BCUT2D eigenvalue weighted by atomic mass is 10.1. The number of anilines is 1. The quantitative estimate of drug-likeness (QED) is 0.538. The Labute approximate surface area is 172 Å². The lowest BCUT2D eigenvalue weighted by molar-refractivity contribution is 0.102. The Balaban J connectivity index is 1.88. The minimum absolute atomic E-state index is 0.138. The van der Waals surface area contributed by atoms with Crippen LogP contribution in [0.15, 0.2) is 88.3 Å². The topological polar surface area (TPSA) is 87.6 Å². The maximum Gasteiger partial charge on any atom is 0.261 e. The molecule has 4 rings (SSSR count). The number of rotatable bonds is 4. The monoisotopic (exact) mass is 395 g/mol. The van der Waals surface area contributed by atoms with Crippen molar-refractivity contribution in [1.29, 1.82) is 5.26 Å². The van der Waals surface area contributed by atoms with Gasteiger partial charge in [0, 0.05) is 17.1 Å². The lowest BCUT2D eigenvalue weighted by Crippen LogP contribution is -2.21. The molecular weight excluding hydrogens is 378 g/mol. The van der Waals surface area contributed by atoms with E-state index in [1.165, 1.54) is 0 Å². The van der Waals surface area contributed by atoms with Crippen LogP contribution in [0.1, 0.15) is 15.9 Å². The van der Waals surface area contributed by atoms with Crippen molar-refractivity contribution < 1.29 is 13.9 Å². The SMILES string of the molecule is COc1ccc2cc(C(=O)Nc3ccccc3)c(=Nc3cccc(C#N)c3)oc2c1. The van der Waals surface area contributed by atoms with Crippen molar-refractivity contribution in [3.05, 3.63) is 95.5 Å². The number of carbonyl (C=O) groups excluding carboxylic acids is 1. The van der Waals surface area contributed by atoms with Crippen LogP contribution < -0.4 is 15.6 Å². The molecule has 0 aliphatic heterocycles. The number of ether oxygens (including phenoxy) is 1. The number of amides is 1. The van der Waals surface area contributed by atoms with Crippen LogP contribution in [0.3, 0.4) is 0 Å². The highest BCUT2D eigenvalue weighted by Crippen LogP contribution is 2.21. The van der Waals surface area contributed by atoms with Gasteiger partial charge in [0.05, 0.1) is 24.4 Å². The van der Waals surface area contributed by atoms with Gasteiger partial charge in [-0.2, -0.15) is 5.26 Å². The highest BCUT2D eigenvalue weighted by atomic mass is 16.5. The Hall–Kier alpha value is -4.37. The van der Waals surface area contributed by atoms with Crippen molar-refractivity contribution in [2.45, 2.75) is 0 Å². The van der Waals surface area contributed by atoms with E-state index in [0.717, 1.165) is 5.39 Å². The van der Waals surface area contributed by atoms with Gasteiger partial charge in [-0.3, -0.25) is 4.79 Å². The zero-order chi connectivity index (χ0) is 20.9. The fourth-order valence-corrected chi connectivity index (χ4v) is 2.95. The van der Waals surface area contributed by atoms with Crippen LogP contribution in [0.4, 0.5) is 11.4 Å². The number of hydrogen-bond acceptors (Lipinski definition) is 5. The molecule has 0 spiro atoms. The van der Waals surface area contributed by atoms with Crippen LogP contribution in [0.5, 0.6) is 5.75 Å².